The second kappa shape index (κ2) is 7.72. The average Bonchev–Trinajstić information content (AvgIpc) is 3.07. The van der Waals surface area contributed by atoms with Gasteiger partial charge >= 0.3 is 5.97 Å². The van der Waals surface area contributed by atoms with E-state index in [9.17, 15) is 9.59 Å². The molecule has 5 nitrogen and oxygen atoms in total. The summed E-state index contributed by atoms with van der Waals surface area (Å²) in [7, 11) is 1.34. The number of carbonyl (C=O) groups excluding carboxylic acids is 2. The molecule has 0 saturated heterocycles. The molecule has 0 bridgehead atoms. The van der Waals surface area contributed by atoms with Gasteiger partial charge in [0, 0.05) is 12.6 Å². The number of thiazole rings is 1. The van der Waals surface area contributed by atoms with Crippen molar-refractivity contribution in [1.82, 2.24) is 10.3 Å². The van der Waals surface area contributed by atoms with E-state index in [-0.39, 0.29) is 11.9 Å². The molecule has 6 heteroatoms. The molecule has 0 spiro atoms. The summed E-state index contributed by atoms with van der Waals surface area (Å²) in [5.74, 6) is -0.578. The molecule has 0 saturated carbocycles. The maximum Gasteiger partial charge on any atom is 0.337 e. The summed E-state index contributed by atoms with van der Waals surface area (Å²) in [6.07, 6.45) is 3.18. The fourth-order valence-electron chi connectivity index (χ4n) is 2.23. The number of benzene rings is 2. The minimum atomic E-state index is -0.380. The van der Waals surface area contributed by atoms with E-state index in [0.717, 1.165) is 20.8 Å². The third-order valence-electron chi connectivity index (χ3n) is 3.53. The van der Waals surface area contributed by atoms with Crippen LogP contribution in [-0.2, 0) is 16.1 Å². The normalized spacial score (nSPS) is 10.9. The summed E-state index contributed by atoms with van der Waals surface area (Å²) >= 11 is 1.54. The van der Waals surface area contributed by atoms with Gasteiger partial charge in [-0.1, -0.05) is 24.3 Å². The first kappa shape index (κ1) is 16.9. The smallest absolute Gasteiger partial charge is 0.337 e. The van der Waals surface area contributed by atoms with Crippen molar-refractivity contribution < 1.29 is 14.3 Å². The number of fused-ring (bicyclic) bond motifs is 1. The highest BCUT2D eigenvalue weighted by Crippen LogP contribution is 2.22. The van der Waals surface area contributed by atoms with E-state index in [1.54, 1.807) is 30.3 Å². The molecule has 0 fully saturated rings. The first-order valence-electron chi connectivity index (χ1n) is 7.64. The zero-order valence-electron chi connectivity index (χ0n) is 13.6. The Balaban J connectivity index is 1.56. The molecule has 1 amide bonds. The van der Waals surface area contributed by atoms with Crippen molar-refractivity contribution in [2.45, 2.75) is 6.54 Å². The molecule has 1 heterocycles. The number of hydrogen-bond acceptors (Lipinski definition) is 5. The number of methoxy groups -OCH3 is 1. The molecule has 1 aromatic heterocycles. The summed E-state index contributed by atoms with van der Waals surface area (Å²) in [6.45, 7) is 0.379. The van der Waals surface area contributed by atoms with E-state index in [1.165, 1.54) is 24.5 Å². The van der Waals surface area contributed by atoms with E-state index in [1.807, 2.05) is 24.3 Å². The first-order chi connectivity index (χ1) is 12.2. The van der Waals surface area contributed by atoms with Gasteiger partial charge in [-0.25, -0.2) is 9.78 Å². The zero-order valence-corrected chi connectivity index (χ0v) is 14.4. The molecule has 0 radical (unpaired) electrons. The highest BCUT2D eigenvalue weighted by atomic mass is 32.1. The Labute approximate surface area is 149 Å². The monoisotopic (exact) mass is 352 g/mol. The van der Waals surface area contributed by atoms with Gasteiger partial charge in [-0.05, 0) is 35.9 Å². The van der Waals surface area contributed by atoms with Gasteiger partial charge in [0.2, 0.25) is 5.91 Å². The third kappa shape index (κ3) is 4.30. The summed E-state index contributed by atoms with van der Waals surface area (Å²) in [4.78, 5) is 27.7. The highest BCUT2D eigenvalue weighted by molar-refractivity contribution is 7.19. The predicted molar refractivity (Wildman–Crippen MR) is 98.3 cm³/mol. The lowest BCUT2D eigenvalue weighted by Crippen LogP contribution is -2.20. The number of carbonyl (C=O) groups is 2. The molecule has 1 N–H and O–H groups in total. The van der Waals surface area contributed by atoms with Crippen LogP contribution in [0.4, 0.5) is 0 Å². The van der Waals surface area contributed by atoms with Gasteiger partial charge in [0.05, 0.1) is 22.9 Å². The van der Waals surface area contributed by atoms with Gasteiger partial charge in [0.25, 0.3) is 0 Å². The van der Waals surface area contributed by atoms with Gasteiger partial charge in [0.1, 0.15) is 5.01 Å². The summed E-state index contributed by atoms with van der Waals surface area (Å²) in [5.41, 5.74) is 2.31. The molecule has 0 aliphatic carbocycles. The maximum atomic E-state index is 11.9. The minimum absolute atomic E-state index is 0.198. The number of esters is 1. The number of aromatic nitrogens is 1. The molecule has 3 aromatic rings. The lowest BCUT2D eigenvalue weighted by Gasteiger charge is -2.04. The quantitative estimate of drug-likeness (QED) is 0.564. The van der Waals surface area contributed by atoms with Crippen molar-refractivity contribution in [3.63, 3.8) is 0 Å². The molecule has 126 valence electrons. The highest BCUT2D eigenvalue weighted by Gasteiger charge is 2.05. The number of para-hydroxylation sites is 1. The van der Waals surface area contributed by atoms with Crippen molar-refractivity contribution in [2.75, 3.05) is 7.11 Å². The zero-order chi connectivity index (χ0) is 17.6. The fourth-order valence-corrected chi connectivity index (χ4v) is 3.10. The van der Waals surface area contributed by atoms with Gasteiger partial charge < -0.3 is 10.1 Å². The van der Waals surface area contributed by atoms with Gasteiger partial charge in [0.15, 0.2) is 0 Å². The second-order valence-electron chi connectivity index (χ2n) is 5.26. The molecular formula is C19H16N2O3S. The Morgan fingerprint density at radius 3 is 2.64 bits per heavy atom. The van der Waals surface area contributed by atoms with Crippen LogP contribution in [0.15, 0.2) is 54.6 Å². The molecule has 0 aliphatic heterocycles. The SMILES string of the molecule is COC(=O)c1ccc(CNC(=O)C=Cc2nc3ccccc3s2)cc1. The number of ether oxygens (including phenoxy) is 1. The molecule has 0 atom stereocenters. The topological polar surface area (TPSA) is 68.3 Å². The molecule has 3 rings (SSSR count). The summed E-state index contributed by atoms with van der Waals surface area (Å²) < 4.78 is 5.74. The van der Waals surface area contributed by atoms with Crippen LogP contribution in [0.3, 0.4) is 0 Å². The van der Waals surface area contributed by atoms with Crippen molar-refractivity contribution >= 4 is 39.5 Å². The van der Waals surface area contributed by atoms with E-state index in [4.69, 9.17) is 0 Å². The molecule has 2 aromatic carbocycles. The number of hydrogen-bond donors (Lipinski definition) is 1. The van der Waals surface area contributed by atoms with Gasteiger partial charge in [-0.3, -0.25) is 4.79 Å². The standard InChI is InChI=1S/C19H16N2O3S/c1-24-19(23)14-8-6-13(7-9-14)12-20-17(22)10-11-18-21-15-4-2-3-5-16(15)25-18/h2-11H,12H2,1H3,(H,20,22). The van der Waals surface area contributed by atoms with Crippen molar-refractivity contribution in [2.24, 2.45) is 0 Å². The van der Waals surface area contributed by atoms with Crippen LogP contribution in [0.1, 0.15) is 20.9 Å². The van der Waals surface area contributed by atoms with E-state index < -0.39 is 0 Å². The molecular weight excluding hydrogens is 336 g/mol. The van der Waals surface area contributed by atoms with Gasteiger partial charge in [-0.2, -0.15) is 0 Å². The van der Waals surface area contributed by atoms with Crippen molar-refractivity contribution in [3.05, 3.63) is 70.7 Å². The third-order valence-corrected chi connectivity index (χ3v) is 4.53. The van der Waals surface area contributed by atoms with Crippen LogP contribution < -0.4 is 5.32 Å². The van der Waals surface area contributed by atoms with Crippen LogP contribution in [0.5, 0.6) is 0 Å². The average molecular weight is 352 g/mol. The van der Waals surface area contributed by atoms with Crippen LogP contribution in [0.2, 0.25) is 0 Å². The van der Waals surface area contributed by atoms with E-state index in [2.05, 4.69) is 15.0 Å². The summed E-state index contributed by atoms with van der Waals surface area (Å²) in [6, 6.07) is 14.8. The van der Waals surface area contributed by atoms with E-state index in [0.29, 0.717) is 12.1 Å². The van der Waals surface area contributed by atoms with Crippen molar-refractivity contribution in [1.29, 1.82) is 0 Å². The Bertz CT molecular complexity index is 896. The summed E-state index contributed by atoms with van der Waals surface area (Å²) in [5, 5.41) is 3.59. The second-order valence-corrected chi connectivity index (χ2v) is 6.32. The largest absolute Gasteiger partial charge is 0.465 e. The Morgan fingerprint density at radius 1 is 1.16 bits per heavy atom. The first-order valence-corrected chi connectivity index (χ1v) is 8.46. The van der Waals surface area contributed by atoms with E-state index >= 15 is 0 Å². The Kier molecular flexibility index (Phi) is 5.20. The molecule has 0 unspecified atom stereocenters. The maximum absolute atomic E-state index is 11.9. The molecule has 25 heavy (non-hydrogen) atoms. The Hall–Kier alpha value is -2.99. The fraction of sp³-hybridized carbons (Fsp3) is 0.105. The minimum Gasteiger partial charge on any atom is -0.465 e. The lowest BCUT2D eigenvalue weighted by molar-refractivity contribution is -0.116. The number of amides is 1. The van der Waals surface area contributed by atoms with Crippen LogP contribution in [0.25, 0.3) is 16.3 Å². The number of nitrogens with zero attached hydrogens (tertiary/aromatic N) is 1. The number of rotatable bonds is 5. The predicted octanol–water partition coefficient (Wildman–Crippen LogP) is 3.41. The number of nitrogens with one attached hydrogen (secondary N) is 1. The molecule has 0 aliphatic rings. The van der Waals surface area contributed by atoms with Crippen LogP contribution in [-0.4, -0.2) is 24.0 Å². The van der Waals surface area contributed by atoms with Gasteiger partial charge in [-0.15, -0.1) is 11.3 Å². The van der Waals surface area contributed by atoms with Crippen LogP contribution in [0, 0.1) is 0 Å². The van der Waals surface area contributed by atoms with Crippen molar-refractivity contribution in [3.8, 4) is 0 Å². The lowest BCUT2D eigenvalue weighted by atomic mass is 10.1. The Morgan fingerprint density at radius 2 is 1.92 bits per heavy atom. The van der Waals surface area contributed by atoms with Crippen LogP contribution >= 0.6 is 11.3 Å².